The molecule has 3 N–H and O–H groups in total. The first-order chi connectivity index (χ1) is 10.3. The number of rotatable bonds is 2. The normalized spacial score (nSPS) is 14.9. The van der Waals surface area contributed by atoms with E-state index in [9.17, 15) is 4.79 Å². The molecule has 22 heavy (non-hydrogen) atoms. The lowest BCUT2D eigenvalue weighted by Crippen LogP contribution is -2.43. The maximum atomic E-state index is 9.60. The van der Waals surface area contributed by atoms with Crippen LogP contribution in [0.5, 0.6) is 0 Å². The molecule has 1 aliphatic rings. The van der Waals surface area contributed by atoms with E-state index in [2.05, 4.69) is 47.7 Å². The number of halogens is 1. The molecule has 1 fully saturated rings. The number of fused-ring (bicyclic) bond motifs is 1. The summed E-state index contributed by atoms with van der Waals surface area (Å²) in [5.74, 6) is 0.503. The van der Waals surface area contributed by atoms with Crippen LogP contribution in [0.2, 0.25) is 0 Å². The van der Waals surface area contributed by atoms with Gasteiger partial charge in [-0.2, -0.15) is 5.10 Å². The minimum Gasteiger partial charge on any atom is -0.462 e. The molecule has 9 heteroatoms. The molecule has 0 unspecified atom stereocenters. The highest BCUT2D eigenvalue weighted by molar-refractivity contribution is 14.1. The van der Waals surface area contributed by atoms with Crippen LogP contribution in [0.1, 0.15) is 26.8 Å². The zero-order valence-electron chi connectivity index (χ0n) is 12.7. The quantitative estimate of drug-likeness (QED) is 0.556. The fourth-order valence-corrected chi connectivity index (χ4v) is 2.55. The number of ether oxygens (including phenoxy) is 1. The smallest absolute Gasteiger partial charge is 0.293 e. The van der Waals surface area contributed by atoms with Gasteiger partial charge in [-0.25, -0.2) is 14.6 Å². The maximum Gasteiger partial charge on any atom is 0.293 e. The van der Waals surface area contributed by atoms with Gasteiger partial charge >= 0.3 is 0 Å². The second kappa shape index (κ2) is 6.73. The van der Waals surface area contributed by atoms with E-state index < -0.39 is 0 Å². The van der Waals surface area contributed by atoms with Gasteiger partial charge in [-0.05, 0) is 43.4 Å². The molecule has 1 saturated heterocycles. The van der Waals surface area contributed by atoms with Crippen LogP contribution in [-0.2, 0) is 9.53 Å². The summed E-state index contributed by atoms with van der Waals surface area (Å²) in [6.45, 7) is 7.80. The molecule has 0 saturated carbocycles. The van der Waals surface area contributed by atoms with E-state index >= 15 is 0 Å². The van der Waals surface area contributed by atoms with Crippen LogP contribution in [-0.4, -0.2) is 44.9 Å². The van der Waals surface area contributed by atoms with E-state index in [1.165, 1.54) is 6.33 Å². The van der Waals surface area contributed by atoms with Crippen LogP contribution in [0.4, 0.5) is 5.82 Å². The Balaban J connectivity index is 0.000000217. The fraction of sp³-hybridized carbons (Fsp3) is 0.538. The molecule has 0 spiro atoms. The van der Waals surface area contributed by atoms with E-state index in [1.807, 2.05) is 25.5 Å². The van der Waals surface area contributed by atoms with Crippen LogP contribution in [0.15, 0.2) is 6.33 Å². The SMILES string of the molecule is CC(C)(C)OC=O.Nc1ncnc2c1c(I)nn2C1CNC1. The van der Waals surface area contributed by atoms with Crippen molar-refractivity contribution < 1.29 is 9.53 Å². The Labute approximate surface area is 142 Å². The molecule has 120 valence electrons. The van der Waals surface area contributed by atoms with E-state index in [0.717, 1.165) is 27.8 Å². The molecule has 0 aliphatic carbocycles. The summed E-state index contributed by atoms with van der Waals surface area (Å²) in [6, 6.07) is 0.394. The van der Waals surface area contributed by atoms with E-state index in [0.29, 0.717) is 18.3 Å². The number of anilines is 1. The zero-order valence-corrected chi connectivity index (χ0v) is 14.9. The van der Waals surface area contributed by atoms with E-state index in [-0.39, 0.29) is 5.60 Å². The predicted octanol–water partition coefficient (Wildman–Crippen LogP) is 1.12. The van der Waals surface area contributed by atoms with Gasteiger partial charge in [0.05, 0.1) is 11.4 Å². The van der Waals surface area contributed by atoms with Crippen molar-refractivity contribution in [1.29, 1.82) is 0 Å². The third kappa shape index (κ3) is 3.83. The van der Waals surface area contributed by atoms with Crippen LogP contribution < -0.4 is 11.1 Å². The third-order valence-electron chi connectivity index (χ3n) is 2.98. The summed E-state index contributed by atoms with van der Waals surface area (Å²) < 4.78 is 7.35. The van der Waals surface area contributed by atoms with Gasteiger partial charge in [0.25, 0.3) is 6.47 Å². The topological polar surface area (TPSA) is 108 Å². The second-order valence-electron chi connectivity index (χ2n) is 5.83. The highest BCUT2D eigenvalue weighted by Crippen LogP contribution is 2.25. The molecule has 8 nitrogen and oxygen atoms in total. The number of carbonyl (C=O) groups is 1. The Bertz CT molecular complexity index is 662. The summed E-state index contributed by atoms with van der Waals surface area (Å²) in [5.41, 5.74) is 6.32. The van der Waals surface area contributed by atoms with Gasteiger partial charge in [-0.1, -0.05) is 0 Å². The first-order valence-corrected chi connectivity index (χ1v) is 7.87. The summed E-state index contributed by atoms with van der Waals surface area (Å²) >= 11 is 2.17. The molecule has 0 aromatic carbocycles. The lowest BCUT2D eigenvalue weighted by atomic mass is 10.2. The maximum absolute atomic E-state index is 9.60. The first kappa shape index (κ1) is 16.9. The van der Waals surface area contributed by atoms with E-state index in [4.69, 9.17) is 5.73 Å². The molecule has 2 aromatic heterocycles. The summed E-state index contributed by atoms with van der Waals surface area (Å²) in [6.07, 6.45) is 1.48. The van der Waals surface area contributed by atoms with Gasteiger partial charge in [0.15, 0.2) is 5.65 Å². The lowest BCUT2D eigenvalue weighted by Gasteiger charge is -2.27. The van der Waals surface area contributed by atoms with Crippen LogP contribution in [0, 0.1) is 3.70 Å². The minimum absolute atomic E-state index is 0.318. The number of nitrogens with one attached hydrogen (secondary N) is 1. The van der Waals surface area contributed by atoms with Crippen molar-refractivity contribution in [2.24, 2.45) is 0 Å². The van der Waals surface area contributed by atoms with Crippen LogP contribution in [0.3, 0.4) is 0 Å². The van der Waals surface area contributed by atoms with Gasteiger partial charge in [-0.15, -0.1) is 0 Å². The van der Waals surface area contributed by atoms with E-state index in [1.54, 1.807) is 0 Å². The fourth-order valence-electron chi connectivity index (χ4n) is 1.80. The molecular weight excluding hydrogens is 399 g/mol. The molecule has 0 atom stereocenters. The summed E-state index contributed by atoms with van der Waals surface area (Å²) in [5, 5.41) is 8.53. The highest BCUT2D eigenvalue weighted by Gasteiger charge is 2.24. The second-order valence-corrected chi connectivity index (χ2v) is 6.85. The number of nitrogens with zero attached hydrogens (tertiary/aromatic N) is 4. The van der Waals surface area contributed by atoms with Crippen molar-refractivity contribution in [3.63, 3.8) is 0 Å². The first-order valence-electron chi connectivity index (χ1n) is 6.80. The largest absolute Gasteiger partial charge is 0.462 e. The predicted molar refractivity (Wildman–Crippen MR) is 91.3 cm³/mol. The van der Waals surface area contributed by atoms with Crippen LogP contribution in [0.25, 0.3) is 11.0 Å². The number of aromatic nitrogens is 4. The van der Waals surface area contributed by atoms with Crippen molar-refractivity contribution in [2.45, 2.75) is 32.4 Å². The molecule has 3 rings (SSSR count). The van der Waals surface area contributed by atoms with Gasteiger partial charge in [0.1, 0.15) is 21.4 Å². The van der Waals surface area contributed by atoms with Gasteiger partial charge < -0.3 is 15.8 Å². The monoisotopic (exact) mass is 418 g/mol. The molecule has 0 radical (unpaired) electrons. The molecule has 2 aromatic rings. The van der Waals surface area contributed by atoms with Gasteiger partial charge in [0.2, 0.25) is 0 Å². The average Bonchev–Trinajstić information content (AvgIpc) is 2.65. The Hall–Kier alpha value is -1.49. The number of nitrogens with two attached hydrogens (primary N) is 1. The number of hydrogen-bond donors (Lipinski definition) is 2. The summed E-state index contributed by atoms with van der Waals surface area (Å²) in [4.78, 5) is 17.8. The lowest BCUT2D eigenvalue weighted by molar-refractivity contribution is -0.138. The van der Waals surface area contributed by atoms with Crippen molar-refractivity contribution in [1.82, 2.24) is 25.1 Å². The van der Waals surface area contributed by atoms with Crippen LogP contribution >= 0.6 is 22.6 Å². The number of hydrogen-bond acceptors (Lipinski definition) is 7. The number of carbonyl (C=O) groups excluding carboxylic acids is 1. The minimum atomic E-state index is -0.318. The Morgan fingerprint density at radius 1 is 1.45 bits per heavy atom. The average molecular weight is 418 g/mol. The highest BCUT2D eigenvalue weighted by atomic mass is 127. The van der Waals surface area contributed by atoms with Gasteiger partial charge in [-0.3, -0.25) is 4.79 Å². The van der Waals surface area contributed by atoms with Crippen molar-refractivity contribution in [3.05, 3.63) is 10.0 Å². The Kier molecular flexibility index (Phi) is 5.16. The molecule has 0 bridgehead atoms. The zero-order chi connectivity index (χ0) is 16.3. The van der Waals surface area contributed by atoms with Crippen molar-refractivity contribution in [2.75, 3.05) is 18.8 Å². The third-order valence-corrected chi connectivity index (χ3v) is 3.74. The molecule has 0 amide bonds. The summed E-state index contributed by atoms with van der Waals surface area (Å²) in [7, 11) is 0. The Morgan fingerprint density at radius 3 is 2.59 bits per heavy atom. The number of nitrogen functional groups attached to an aromatic ring is 1. The van der Waals surface area contributed by atoms with Gasteiger partial charge in [0, 0.05) is 13.1 Å². The molecular formula is C13H19IN6O2. The standard InChI is InChI=1S/C8H9IN6.C5H10O2/c9-6-5-7(10)12-3-13-8(5)15(14-6)4-1-11-2-4;1-5(2,3)7-4-6/h3-4,11H,1-2H2,(H2,10,12,13);4H,1-3H3. The van der Waals surface area contributed by atoms with Crippen molar-refractivity contribution >= 4 is 45.9 Å². The van der Waals surface area contributed by atoms with Crippen molar-refractivity contribution in [3.8, 4) is 0 Å². The Morgan fingerprint density at radius 2 is 2.14 bits per heavy atom. The molecule has 1 aliphatic heterocycles. The molecule has 3 heterocycles.